The number of aromatic nitrogens is 1. The lowest BCUT2D eigenvalue weighted by atomic mass is 10.2. The molecule has 0 fully saturated rings. The predicted octanol–water partition coefficient (Wildman–Crippen LogP) is 5.15. The van der Waals surface area contributed by atoms with Gasteiger partial charge in [0.2, 0.25) is 5.89 Å². The highest BCUT2D eigenvalue weighted by molar-refractivity contribution is 6.44. The third-order valence-electron chi connectivity index (χ3n) is 2.86. The minimum atomic E-state index is -1.04. The molecule has 0 spiro atoms. The van der Waals surface area contributed by atoms with Crippen molar-refractivity contribution < 1.29 is 14.3 Å². The fourth-order valence-electron chi connectivity index (χ4n) is 1.89. The predicted molar refractivity (Wildman–Crippen MR) is 81.4 cm³/mol. The Hall–Kier alpha value is -1.75. The Labute approximate surface area is 133 Å². The van der Waals surface area contributed by atoms with Gasteiger partial charge in [-0.3, -0.25) is 0 Å². The van der Waals surface area contributed by atoms with Gasteiger partial charge >= 0.3 is 5.97 Å². The van der Waals surface area contributed by atoms with Crippen molar-refractivity contribution in [2.75, 3.05) is 0 Å². The highest BCUT2D eigenvalue weighted by atomic mass is 35.5. The van der Waals surface area contributed by atoms with Gasteiger partial charge in [0.25, 0.3) is 0 Å². The highest BCUT2D eigenvalue weighted by Gasteiger charge is 2.16. The van der Waals surface area contributed by atoms with E-state index < -0.39 is 5.97 Å². The van der Waals surface area contributed by atoms with Gasteiger partial charge in [-0.1, -0.05) is 34.8 Å². The molecule has 3 rings (SSSR count). The second-order valence-corrected chi connectivity index (χ2v) is 5.48. The molecule has 0 saturated heterocycles. The molecule has 0 amide bonds. The lowest BCUT2D eigenvalue weighted by molar-refractivity contribution is 0.0697. The molecule has 106 valence electrons. The lowest BCUT2D eigenvalue weighted by Crippen LogP contribution is -1.94. The summed E-state index contributed by atoms with van der Waals surface area (Å²) in [6.07, 6.45) is 0. The number of aromatic carboxylic acids is 1. The first-order valence-corrected chi connectivity index (χ1v) is 6.88. The van der Waals surface area contributed by atoms with Crippen molar-refractivity contribution in [2.24, 2.45) is 0 Å². The van der Waals surface area contributed by atoms with Gasteiger partial charge in [0.1, 0.15) is 5.52 Å². The second kappa shape index (κ2) is 5.22. The summed E-state index contributed by atoms with van der Waals surface area (Å²) < 4.78 is 5.57. The first-order valence-electron chi connectivity index (χ1n) is 5.74. The lowest BCUT2D eigenvalue weighted by Gasteiger charge is -2.02. The van der Waals surface area contributed by atoms with Gasteiger partial charge in [-0.05, 0) is 30.3 Å². The molecule has 0 saturated carbocycles. The summed E-state index contributed by atoms with van der Waals surface area (Å²) in [6, 6.07) is 7.49. The standard InChI is InChI=1S/C14H6Cl3NO3/c15-7-4-8(12(17)9(16)5-7)13-18-10-3-6(14(19)20)1-2-11(10)21-13/h1-5H,(H,19,20). The van der Waals surface area contributed by atoms with Crippen LogP contribution in [0.2, 0.25) is 15.1 Å². The van der Waals surface area contributed by atoms with E-state index in [9.17, 15) is 4.79 Å². The monoisotopic (exact) mass is 341 g/mol. The third-order valence-corrected chi connectivity index (χ3v) is 3.88. The Morgan fingerprint density at radius 2 is 1.90 bits per heavy atom. The van der Waals surface area contributed by atoms with Crippen molar-refractivity contribution in [1.82, 2.24) is 4.98 Å². The molecule has 4 nitrogen and oxygen atoms in total. The fraction of sp³-hybridized carbons (Fsp3) is 0. The highest BCUT2D eigenvalue weighted by Crippen LogP contribution is 2.37. The molecule has 0 unspecified atom stereocenters. The zero-order chi connectivity index (χ0) is 15.1. The smallest absolute Gasteiger partial charge is 0.335 e. The molecule has 1 heterocycles. The molecule has 0 bridgehead atoms. The van der Waals surface area contributed by atoms with Crippen LogP contribution < -0.4 is 0 Å². The van der Waals surface area contributed by atoms with Crippen molar-refractivity contribution in [3.8, 4) is 11.5 Å². The molecule has 0 aliphatic carbocycles. The molecule has 1 N–H and O–H groups in total. The number of carboxylic acid groups (broad SMARTS) is 1. The van der Waals surface area contributed by atoms with E-state index in [0.29, 0.717) is 21.7 Å². The van der Waals surface area contributed by atoms with Crippen LogP contribution in [0.3, 0.4) is 0 Å². The van der Waals surface area contributed by atoms with Crippen LogP contribution in [0.5, 0.6) is 0 Å². The maximum Gasteiger partial charge on any atom is 0.335 e. The Bertz CT molecular complexity index is 873. The number of carboxylic acids is 1. The summed E-state index contributed by atoms with van der Waals surface area (Å²) in [5.41, 5.74) is 1.43. The number of rotatable bonds is 2. The van der Waals surface area contributed by atoms with Gasteiger partial charge in [-0.25, -0.2) is 9.78 Å². The first-order chi connectivity index (χ1) is 9.95. The van der Waals surface area contributed by atoms with E-state index in [4.69, 9.17) is 44.3 Å². The van der Waals surface area contributed by atoms with Gasteiger partial charge in [-0.2, -0.15) is 0 Å². The van der Waals surface area contributed by atoms with Gasteiger partial charge < -0.3 is 9.52 Å². The van der Waals surface area contributed by atoms with E-state index in [-0.39, 0.29) is 21.5 Å². The molecule has 0 atom stereocenters. The van der Waals surface area contributed by atoms with E-state index in [0.717, 1.165) is 0 Å². The van der Waals surface area contributed by atoms with E-state index in [2.05, 4.69) is 4.98 Å². The summed E-state index contributed by atoms with van der Waals surface area (Å²) in [5, 5.41) is 9.92. The molecular weight excluding hydrogens is 337 g/mol. The van der Waals surface area contributed by atoms with Crippen LogP contribution in [0, 0.1) is 0 Å². The number of halogens is 3. The molecular formula is C14H6Cl3NO3. The largest absolute Gasteiger partial charge is 0.478 e. The fourth-order valence-corrected chi connectivity index (χ4v) is 2.57. The SMILES string of the molecule is O=C(O)c1ccc2oc(-c3cc(Cl)cc(Cl)c3Cl)nc2c1. The van der Waals surface area contributed by atoms with E-state index in [1.807, 2.05) is 0 Å². The Kier molecular flexibility index (Phi) is 3.53. The summed E-state index contributed by atoms with van der Waals surface area (Å²) in [6.45, 7) is 0. The van der Waals surface area contributed by atoms with Crippen molar-refractivity contribution >= 4 is 51.9 Å². The second-order valence-electron chi connectivity index (χ2n) is 4.26. The average molecular weight is 343 g/mol. The van der Waals surface area contributed by atoms with Crippen LogP contribution in [0.25, 0.3) is 22.6 Å². The minimum absolute atomic E-state index is 0.123. The van der Waals surface area contributed by atoms with Crippen molar-refractivity contribution in [2.45, 2.75) is 0 Å². The maximum atomic E-state index is 11.0. The molecule has 3 aromatic rings. The number of hydrogen-bond acceptors (Lipinski definition) is 3. The summed E-state index contributed by atoms with van der Waals surface area (Å²) >= 11 is 18.0. The summed E-state index contributed by atoms with van der Waals surface area (Å²) in [7, 11) is 0. The van der Waals surface area contributed by atoms with Gasteiger partial charge in [0, 0.05) is 5.02 Å². The zero-order valence-corrected chi connectivity index (χ0v) is 12.5. The van der Waals surface area contributed by atoms with E-state index in [1.165, 1.54) is 24.3 Å². The molecule has 0 aliphatic heterocycles. The van der Waals surface area contributed by atoms with E-state index in [1.54, 1.807) is 6.07 Å². The number of fused-ring (bicyclic) bond motifs is 1. The zero-order valence-electron chi connectivity index (χ0n) is 10.2. The topological polar surface area (TPSA) is 63.3 Å². The van der Waals surface area contributed by atoms with Crippen LogP contribution in [-0.4, -0.2) is 16.1 Å². The number of hydrogen-bond donors (Lipinski definition) is 1. The minimum Gasteiger partial charge on any atom is -0.478 e. The number of benzene rings is 2. The van der Waals surface area contributed by atoms with Crippen LogP contribution >= 0.6 is 34.8 Å². The number of nitrogens with zero attached hydrogens (tertiary/aromatic N) is 1. The number of oxazole rings is 1. The quantitative estimate of drug-likeness (QED) is 0.654. The molecule has 1 aromatic heterocycles. The van der Waals surface area contributed by atoms with Crippen molar-refractivity contribution in [3.63, 3.8) is 0 Å². The van der Waals surface area contributed by atoms with Gasteiger partial charge in [-0.15, -0.1) is 0 Å². The van der Waals surface area contributed by atoms with Crippen molar-refractivity contribution in [3.05, 3.63) is 51.0 Å². The van der Waals surface area contributed by atoms with Crippen LogP contribution in [0.15, 0.2) is 34.7 Å². The van der Waals surface area contributed by atoms with Gasteiger partial charge in [0.05, 0.1) is 21.2 Å². The summed E-state index contributed by atoms with van der Waals surface area (Å²) in [4.78, 5) is 15.2. The average Bonchev–Trinajstić information content (AvgIpc) is 2.85. The molecule has 2 aromatic carbocycles. The first kappa shape index (κ1) is 14.2. The van der Waals surface area contributed by atoms with Crippen molar-refractivity contribution in [1.29, 1.82) is 0 Å². The van der Waals surface area contributed by atoms with Crippen LogP contribution in [0.4, 0.5) is 0 Å². The molecule has 0 radical (unpaired) electrons. The normalized spacial score (nSPS) is 11.0. The summed E-state index contributed by atoms with van der Waals surface area (Å²) in [5.74, 6) is -0.813. The maximum absolute atomic E-state index is 11.0. The van der Waals surface area contributed by atoms with Crippen LogP contribution in [0.1, 0.15) is 10.4 Å². The molecule has 7 heteroatoms. The van der Waals surface area contributed by atoms with E-state index >= 15 is 0 Å². The van der Waals surface area contributed by atoms with Gasteiger partial charge in [0.15, 0.2) is 5.58 Å². The Morgan fingerprint density at radius 3 is 2.62 bits per heavy atom. The Balaban J connectivity index is 2.20. The molecule has 21 heavy (non-hydrogen) atoms. The number of carbonyl (C=O) groups is 1. The molecule has 0 aliphatic rings. The Morgan fingerprint density at radius 1 is 1.14 bits per heavy atom. The van der Waals surface area contributed by atoms with Crippen LogP contribution in [-0.2, 0) is 0 Å². The third kappa shape index (κ3) is 2.58.